The monoisotopic (exact) mass is 586 g/mol. The number of hydrogen-bond acceptors (Lipinski definition) is 7. The number of carbonyl (C=O) groups excluding carboxylic acids is 3. The SMILES string of the molecule is COc1ccc([C@H]2C(C(=O)OC(C)C)(C(=O)OC(C)C)c3cc(C)ccc3[C@@]2(Cc2ccccc2)C(=O)OC(C)C)cc1. The summed E-state index contributed by atoms with van der Waals surface area (Å²) in [7, 11) is 1.56. The van der Waals surface area contributed by atoms with Crippen molar-refractivity contribution in [3.63, 3.8) is 0 Å². The van der Waals surface area contributed by atoms with Gasteiger partial charge in [0.25, 0.3) is 0 Å². The van der Waals surface area contributed by atoms with Crippen LogP contribution in [-0.2, 0) is 45.8 Å². The fourth-order valence-electron chi connectivity index (χ4n) is 6.27. The van der Waals surface area contributed by atoms with Gasteiger partial charge in [0.05, 0.1) is 25.4 Å². The zero-order chi connectivity index (χ0) is 31.5. The minimum Gasteiger partial charge on any atom is -0.497 e. The van der Waals surface area contributed by atoms with Crippen LogP contribution in [0.25, 0.3) is 0 Å². The normalized spacial score (nSPS) is 18.8. The summed E-state index contributed by atoms with van der Waals surface area (Å²) >= 11 is 0. The predicted molar refractivity (Wildman–Crippen MR) is 164 cm³/mol. The summed E-state index contributed by atoms with van der Waals surface area (Å²) in [6.07, 6.45) is -1.36. The van der Waals surface area contributed by atoms with Crippen LogP contribution in [0.15, 0.2) is 72.8 Å². The van der Waals surface area contributed by atoms with E-state index < -0.39 is 53.0 Å². The topological polar surface area (TPSA) is 88.1 Å². The summed E-state index contributed by atoms with van der Waals surface area (Å²) < 4.78 is 23.3. The van der Waals surface area contributed by atoms with Crippen LogP contribution < -0.4 is 4.74 Å². The number of esters is 3. The van der Waals surface area contributed by atoms with E-state index in [-0.39, 0.29) is 6.42 Å². The van der Waals surface area contributed by atoms with E-state index in [1.165, 1.54) is 0 Å². The van der Waals surface area contributed by atoms with Crippen molar-refractivity contribution in [3.8, 4) is 5.75 Å². The lowest BCUT2D eigenvalue weighted by Gasteiger charge is -2.41. The summed E-state index contributed by atoms with van der Waals surface area (Å²) in [6.45, 7) is 12.4. The lowest BCUT2D eigenvalue weighted by molar-refractivity contribution is -0.173. The Morgan fingerprint density at radius 1 is 0.698 bits per heavy atom. The van der Waals surface area contributed by atoms with E-state index in [1.54, 1.807) is 72.9 Å². The summed E-state index contributed by atoms with van der Waals surface area (Å²) in [6, 6.07) is 22.2. The van der Waals surface area contributed by atoms with Crippen molar-refractivity contribution in [2.75, 3.05) is 7.11 Å². The molecule has 228 valence electrons. The molecule has 43 heavy (non-hydrogen) atoms. The lowest BCUT2D eigenvalue weighted by Crippen LogP contribution is -2.55. The minimum atomic E-state index is -2.02. The Bertz CT molecular complexity index is 1430. The molecular weight excluding hydrogens is 544 g/mol. The average Bonchev–Trinajstić information content (AvgIpc) is 3.20. The Hall–Kier alpha value is -4.13. The van der Waals surface area contributed by atoms with Gasteiger partial charge >= 0.3 is 17.9 Å². The van der Waals surface area contributed by atoms with Gasteiger partial charge in [-0.2, -0.15) is 0 Å². The van der Waals surface area contributed by atoms with Crippen molar-refractivity contribution in [2.24, 2.45) is 0 Å². The highest BCUT2D eigenvalue weighted by molar-refractivity contribution is 6.12. The van der Waals surface area contributed by atoms with E-state index in [2.05, 4.69) is 0 Å². The molecule has 0 saturated heterocycles. The van der Waals surface area contributed by atoms with Gasteiger partial charge in [-0.1, -0.05) is 66.2 Å². The van der Waals surface area contributed by atoms with Crippen molar-refractivity contribution in [1.82, 2.24) is 0 Å². The van der Waals surface area contributed by atoms with Crippen molar-refractivity contribution in [1.29, 1.82) is 0 Å². The molecule has 0 spiro atoms. The fourth-order valence-corrected chi connectivity index (χ4v) is 6.27. The van der Waals surface area contributed by atoms with E-state index >= 15 is 0 Å². The van der Waals surface area contributed by atoms with Crippen molar-refractivity contribution < 1.29 is 33.3 Å². The van der Waals surface area contributed by atoms with Crippen LogP contribution in [0.4, 0.5) is 0 Å². The Labute approximate surface area is 254 Å². The van der Waals surface area contributed by atoms with Crippen LogP contribution in [0.5, 0.6) is 5.75 Å². The molecule has 0 aliphatic heterocycles. The molecule has 3 aromatic carbocycles. The fraction of sp³-hybridized carbons (Fsp3) is 0.417. The maximum atomic E-state index is 14.8. The number of carbonyl (C=O) groups is 3. The summed E-state index contributed by atoms with van der Waals surface area (Å²) in [5, 5.41) is 0. The quantitative estimate of drug-likeness (QED) is 0.155. The van der Waals surface area contributed by atoms with E-state index in [0.29, 0.717) is 22.4 Å². The second-order valence-corrected chi connectivity index (χ2v) is 12.1. The van der Waals surface area contributed by atoms with Crippen LogP contribution >= 0.6 is 0 Å². The largest absolute Gasteiger partial charge is 0.497 e. The average molecular weight is 587 g/mol. The third kappa shape index (κ3) is 5.77. The van der Waals surface area contributed by atoms with E-state index in [0.717, 1.165) is 11.1 Å². The number of benzene rings is 3. The second-order valence-electron chi connectivity index (χ2n) is 12.1. The van der Waals surface area contributed by atoms with Gasteiger partial charge in [-0.15, -0.1) is 0 Å². The molecule has 0 unspecified atom stereocenters. The van der Waals surface area contributed by atoms with E-state index in [1.807, 2.05) is 55.5 Å². The highest BCUT2D eigenvalue weighted by atomic mass is 16.6. The second kappa shape index (κ2) is 12.6. The van der Waals surface area contributed by atoms with Gasteiger partial charge in [0.2, 0.25) is 0 Å². The third-order valence-corrected chi connectivity index (χ3v) is 7.82. The molecule has 7 heteroatoms. The van der Waals surface area contributed by atoms with E-state index in [9.17, 15) is 14.4 Å². The molecule has 1 aliphatic rings. The van der Waals surface area contributed by atoms with Crippen LogP contribution in [-0.4, -0.2) is 43.3 Å². The Balaban J connectivity index is 2.22. The number of hydrogen-bond donors (Lipinski definition) is 0. The number of aryl methyl sites for hydroxylation is 1. The summed E-state index contributed by atoms with van der Waals surface area (Å²) in [4.78, 5) is 44.1. The van der Waals surface area contributed by atoms with Gasteiger partial charge in [-0.25, -0.2) is 0 Å². The molecule has 2 atom stereocenters. The molecule has 0 amide bonds. The maximum Gasteiger partial charge on any atom is 0.329 e. The molecular formula is C36H42O7. The molecule has 0 N–H and O–H groups in total. The van der Waals surface area contributed by atoms with Gasteiger partial charge in [0.1, 0.15) is 11.2 Å². The predicted octanol–water partition coefficient (Wildman–Crippen LogP) is 6.37. The molecule has 0 aromatic heterocycles. The number of ether oxygens (including phenoxy) is 4. The first-order chi connectivity index (χ1) is 20.4. The zero-order valence-electron chi connectivity index (χ0n) is 26.3. The van der Waals surface area contributed by atoms with Crippen molar-refractivity contribution >= 4 is 17.9 Å². The lowest BCUT2D eigenvalue weighted by atomic mass is 9.61. The van der Waals surface area contributed by atoms with Crippen LogP contribution in [0.2, 0.25) is 0 Å². The van der Waals surface area contributed by atoms with Crippen molar-refractivity contribution in [2.45, 2.75) is 89.9 Å². The highest BCUT2D eigenvalue weighted by Gasteiger charge is 2.72. The molecule has 0 fully saturated rings. The first kappa shape index (κ1) is 31.8. The number of fused-ring (bicyclic) bond motifs is 1. The first-order valence-corrected chi connectivity index (χ1v) is 14.8. The maximum absolute atomic E-state index is 14.8. The number of rotatable bonds is 10. The van der Waals surface area contributed by atoms with Gasteiger partial charge in [-0.3, -0.25) is 14.4 Å². The van der Waals surface area contributed by atoms with Gasteiger partial charge < -0.3 is 18.9 Å². The molecule has 4 rings (SSSR count). The molecule has 0 heterocycles. The van der Waals surface area contributed by atoms with E-state index in [4.69, 9.17) is 18.9 Å². The van der Waals surface area contributed by atoms with Gasteiger partial charge in [0, 0.05) is 5.92 Å². The molecule has 0 bridgehead atoms. The zero-order valence-corrected chi connectivity index (χ0v) is 26.3. The molecule has 0 saturated carbocycles. The highest BCUT2D eigenvalue weighted by Crippen LogP contribution is 2.62. The molecule has 1 aliphatic carbocycles. The molecule has 0 radical (unpaired) electrons. The van der Waals surface area contributed by atoms with Crippen LogP contribution in [0.1, 0.15) is 75.3 Å². The van der Waals surface area contributed by atoms with Crippen LogP contribution in [0, 0.1) is 6.92 Å². The number of methoxy groups -OCH3 is 1. The van der Waals surface area contributed by atoms with Crippen LogP contribution in [0.3, 0.4) is 0 Å². The molecule has 3 aromatic rings. The summed E-state index contributed by atoms with van der Waals surface area (Å²) in [5.74, 6) is -2.56. The Kier molecular flexibility index (Phi) is 9.33. The smallest absolute Gasteiger partial charge is 0.329 e. The third-order valence-electron chi connectivity index (χ3n) is 7.82. The Morgan fingerprint density at radius 2 is 1.23 bits per heavy atom. The Morgan fingerprint density at radius 3 is 1.74 bits per heavy atom. The van der Waals surface area contributed by atoms with Gasteiger partial charge in [-0.05, 0) is 89.3 Å². The molecule has 7 nitrogen and oxygen atoms in total. The first-order valence-electron chi connectivity index (χ1n) is 14.8. The standard InChI is InChI=1S/C36H42O7/c1-22(2)41-32(37)35(21-26-12-10-9-11-13-26)29-19-14-25(7)20-30(29)36(33(38)42-23(3)4,34(39)43-24(5)6)31(35)27-15-17-28(40-8)18-16-27/h9-20,22-24,31H,21H2,1-8H3/t31-,35-/m1/s1. The van der Waals surface area contributed by atoms with Gasteiger partial charge in [0.15, 0.2) is 5.41 Å². The summed E-state index contributed by atoms with van der Waals surface area (Å²) in [5.41, 5.74) is -0.355. The minimum absolute atomic E-state index is 0.165. The van der Waals surface area contributed by atoms with Crippen molar-refractivity contribution in [3.05, 3.63) is 101 Å².